The zero-order valence-electron chi connectivity index (χ0n) is 12.6. The Bertz CT molecular complexity index is 859. The topological polar surface area (TPSA) is 22.4 Å². The molecule has 4 rings (SSSR count). The Labute approximate surface area is 135 Å². The van der Waals surface area contributed by atoms with Gasteiger partial charge in [-0.05, 0) is 68.1 Å². The second-order valence-electron chi connectivity index (χ2n) is 6.27. The minimum atomic E-state index is 0.142. The highest BCUT2D eigenvalue weighted by atomic mass is 32.1. The third-order valence-electron chi connectivity index (χ3n) is 4.78. The molecule has 1 aromatic heterocycles. The SMILES string of the molecule is C=C(C)C1CCC2=Cc3c(c4ccccc4oc3=S)OC2C1. The highest BCUT2D eigenvalue weighted by Gasteiger charge is 2.32. The predicted octanol–water partition coefficient (Wildman–Crippen LogP) is 5.68. The lowest BCUT2D eigenvalue weighted by atomic mass is 9.79. The van der Waals surface area contributed by atoms with Crippen LogP contribution in [0, 0.1) is 10.6 Å². The molecule has 22 heavy (non-hydrogen) atoms. The first-order chi connectivity index (χ1) is 10.6. The van der Waals surface area contributed by atoms with Crippen molar-refractivity contribution in [1.29, 1.82) is 0 Å². The fourth-order valence-corrected chi connectivity index (χ4v) is 3.72. The first-order valence-corrected chi connectivity index (χ1v) is 8.12. The maximum atomic E-state index is 6.37. The van der Waals surface area contributed by atoms with Gasteiger partial charge in [0, 0.05) is 0 Å². The Morgan fingerprint density at radius 3 is 2.95 bits per heavy atom. The van der Waals surface area contributed by atoms with Gasteiger partial charge in [-0.3, -0.25) is 0 Å². The molecule has 0 bridgehead atoms. The summed E-state index contributed by atoms with van der Waals surface area (Å²) >= 11 is 5.42. The molecule has 2 atom stereocenters. The first-order valence-electron chi connectivity index (χ1n) is 7.72. The van der Waals surface area contributed by atoms with Gasteiger partial charge in [0.15, 0.2) is 0 Å². The molecule has 2 aliphatic rings. The van der Waals surface area contributed by atoms with Crippen molar-refractivity contribution >= 4 is 29.3 Å². The molecule has 0 amide bonds. The predicted molar refractivity (Wildman–Crippen MR) is 91.6 cm³/mol. The van der Waals surface area contributed by atoms with Gasteiger partial charge in [-0.15, -0.1) is 0 Å². The average molecular weight is 310 g/mol. The van der Waals surface area contributed by atoms with Crippen LogP contribution in [0.1, 0.15) is 31.7 Å². The van der Waals surface area contributed by atoms with Crippen molar-refractivity contribution in [2.75, 3.05) is 0 Å². The minimum Gasteiger partial charge on any atom is -0.484 e. The molecule has 1 fully saturated rings. The van der Waals surface area contributed by atoms with Crippen LogP contribution in [0.25, 0.3) is 17.0 Å². The number of hydrogen-bond acceptors (Lipinski definition) is 3. The summed E-state index contributed by atoms with van der Waals surface area (Å²) in [5, 5.41) is 0.999. The van der Waals surface area contributed by atoms with Gasteiger partial charge in [0.1, 0.15) is 17.4 Å². The molecule has 0 spiro atoms. The van der Waals surface area contributed by atoms with E-state index in [0.717, 1.165) is 41.5 Å². The molecular formula is C19H18O2S. The number of para-hydroxylation sites is 1. The smallest absolute Gasteiger partial charge is 0.201 e. The standard InChI is InChI=1S/C19H18O2S/c1-11(2)12-7-8-13-9-15-18(20-17(13)10-12)14-5-3-4-6-16(14)21-19(15)22/h3-6,9,12,17H,1,7-8,10H2,2H3. The van der Waals surface area contributed by atoms with Gasteiger partial charge in [-0.1, -0.05) is 24.3 Å². The lowest BCUT2D eigenvalue weighted by Crippen LogP contribution is -2.30. The normalized spacial score (nSPS) is 23.2. The summed E-state index contributed by atoms with van der Waals surface area (Å²) in [5.74, 6) is 1.43. The van der Waals surface area contributed by atoms with Crippen molar-refractivity contribution in [2.45, 2.75) is 32.3 Å². The fraction of sp³-hybridized carbons (Fsp3) is 0.316. The first kappa shape index (κ1) is 13.8. The third-order valence-corrected chi connectivity index (χ3v) is 5.08. The van der Waals surface area contributed by atoms with Crippen molar-refractivity contribution in [1.82, 2.24) is 0 Å². The number of hydrogen-bond donors (Lipinski definition) is 0. The molecule has 1 aliphatic carbocycles. The van der Waals surface area contributed by atoms with Gasteiger partial charge in [0.05, 0.1) is 10.9 Å². The van der Waals surface area contributed by atoms with Gasteiger partial charge < -0.3 is 9.15 Å². The van der Waals surface area contributed by atoms with Crippen molar-refractivity contribution < 1.29 is 9.15 Å². The van der Waals surface area contributed by atoms with E-state index in [1.807, 2.05) is 24.3 Å². The van der Waals surface area contributed by atoms with Gasteiger partial charge in [0.2, 0.25) is 4.71 Å². The maximum absolute atomic E-state index is 6.37. The van der Waals surface area contributed by atoms with Crippen LogP contribution in [0.3, 0.4) is 0 Å². The van der Waals surface area contributed by atoms with E-state index in [2.05, 4.69) is 19.6 Å². The highest BCUT2D eigenvalue weighted by Crippen LogP contribution is 2.43. The Hall–Kier alpha value is -1.87. The number of allylic oxidation sites excluding steroid dienone is 1. The highest BCUT2D eigenvalue weighted by molar-refractivity contribution is 7.71. The second kappa shape index (κ2) is 5.10. The van der Waals surface area contributed by atoms with Gasteiger partial charge in [-0.2, -0.15) is 0 Å². The molecule has 0 radical (unpaired) electrons. The number of fused-ring (bicyclic) bond motifs is 4. The molecular weight excluding hydrogens is 292 g/mol. The van der Waals surface area contributed by atoms with Crippen LogP contribution in [0.4, 0.5) is 0 Å². The lowest BCUT2D eigenvalue weighted by molar-refractivity contribution is 0.180. The van der Waals surface area contributed by atoms with Crippen molar-refractivity contribution in [3.05, 3.63) is 52.3 Å². The number of ether oxygens (including phenoxy) is 1. The van der Waals surface area contributed by atoms with E-state index < -0.39 is 0 Å². The Kier molecular flexibility index (Phi) is 3.19. The number of rotatable bonds is 1. The zero-order chi connectivity index (χ0) is 15.3. The van der Waals surface area contributed by atoms with Crippen LogP contribution in [0.15, 0.2) is 46.4 Å². The van der Waals surface area contributed by atoms with Crippen molar-refractivity contribution in [3.63, 3.8) is 0 Å². The van der Waals surface area contributed by atoms with Crippen LogP contribution in [0.5, 0.6) is 5.75 Å². The molecule has 0 N–H and O–H groups in total. The van der Waals surface area contributed by atoms with Gasteiger partial charge in [0.25, 0.3) is 0 Å². The van der Waals surface area contributed by atoms with E-state index in [1.54, 1.807) is 0 Å². The number of benzene rings is 1. The summed E-state index contributed by atoms with van der Waals surface area (Å²) in [6.45, 7) is 6.23. The molecule has 2 unspecified atom stereocenters. The average Bonchev–Trinajstić information content (AvgIpc) is 2.53. The van der Waals surface area contributed by atoms with Gasteiger partial charge in [-0.25, -0.2) is 0 Å². The summed E-state index contributed by atoms with van der Waals surface area (Å²) < 4.78 is 12.7. The molecule has 1 aliphatic heterocycles. The molecule has 1 saturated carbocycles. The van der Waals surface area contributed by atoms with Crippen molar-refractivity contribution in [2.24, 2.45) is 5.92 Å². The van der Waals surface area contributed by atoms with Crippen LogP contribution in [-0.2, 0) is 0 Å². The molecule has 2 heterocycles. The second-order valence-corrected chi connectivity index (χ2v) is 6.64. The van der Waals surface area contributed by atoms with Crippen LogP contribution >= 0.6 is 12.2 Å². The maximum Gasteiger partial charge on any atom is 0.201 e. The molecule has 1 aromatic carbocycles. The summed E-state index contributed by atoms with van der Waals surface area (Å²) in [4.78, 5) is 0. The Balaban J connectivity index is 1.85. The van der Waals surface area contributed by atoms with Crippen LogP contribution < -0.4 is 4.74 Å². The molecule has 3 heteroatoms. The van der Waals surface area contributed by atoms with E-state index in [-0.39, 0.29) is 6.10 Å². The monoisotopic (exact) mass is 310 g/mol. The summed E-state index contributed by atoms with van der Waals surface area (Å²) in [5.41, 5.74) is 4.30. The molecule has 112 valence electrons. The molecule has 2 aromatic rings. The van der Waals surface area contributed by atoms with Crippen LogP contribution in [0.2, 0.25) is 0 Å². The van der Waals surface area contributed by atoms with E-state index >= 15 is 0 Å². The van der Waals surface area contributed by atoms with E-state index in [1.165, 1.54) is 11.1 Å². The van der Waals surface area contributed by atoms with E-state index in [9.17, 15) is 0 Å². The van der Waals surface area contributed by atoms with Gasteiger partial charge >= 0.3 is 0 Å². The Morgan fingerprint density at radius 2 is 2.14 bits per heavy atom. The summed E-state index contributed by atoms with van der Waals surface area (Å²) in [6.07, 6.45) is 5.53. The van der Waals surface area contributed by atoms with E-state index in [0.29, 0.717) is 10.6 Å². The Morgan fingerprint density at radius 1 is 1.32 bits per heavy atom. The minimum absolute atomic E-state index is 0.142. The fourth-order valence-electron chi connectivity index (χ4n) is 3.48. The molecule has 2 nitrogen and oxygen atoms in total. The van der Waals surface area contributed by atoms with E-state index in [4.69, 9.17) is 21.4 Å². The molecule has 0 saturated heterocycles. The zero-order valence-corrected chi connectivity index (χ0v) is 13.4. The third kappa shape index (κ3) is 2.12. The summed E-state index contributed by atoms with van der Waals surface area (Å²) in [7, 11) is 0. The largest absolute Gasteiger partial charge is 0.484 e. The summed E-state index contributed by atoms with van der Waals surface area (Å²) in [6, 6.07) is 7.92. The lowest BCUT2D eigenvalue weighted by Gasteiger charge is -2.35. The van der Waals surface area contributed by atoms with Crippen molar-refractivity contribution in [3.8, 4) is 5.75 Å². The van der Waals surface area contributed by atoms with Crippen LogP contribution in [-0.4, -0.2) is 6.10 Å². The quantitative estimate of drug-likeness (QED) is 0.499.